The Balaban J connectivity index is 2.68. The van der Waals surface area contributed by atoms with Gasteiger partial charge in [-0.3, -0.25) is 0 Å². The molecule has 0 amide bonds. The van der Waals surface area contributed by atoms with Gasteiger partial charge in [0.25, 0.3) is 0 Å². The highest BCUT2D eigenvalue weighted by atomic mass is 16.5. The van der Waals surface area contributed by atoms with Crippen molar-refractivity contribution in [2.24, 2.45) is 5.41 Å². The standard InChI is InChI=1S/C16H33NO/c1-15(2,3)13-10-14(17-4)16(18-5)11-8-6-7-9-12-16/h14,17H,6-13H2,1-5H3. The first-order valence-electron chi connectivity index (χ1n) is 7.66. The second-order valence-corrected chi connectivity index (χ2v) is 7.12. The molecule has 0 bridgehead atoms. The summed E-state index contributed by atoms with van der Waals surface area (Å²) in [6, 6.07) is 0.500. The van der Waals surface area contributed by atoms with Gasteiger partial charge in [0.05, 0.1) is 5.60 Å². The van der Waals surface area contributed by atoms with E-state index in [-0.39, 0.29) is 5.60 Å². The molecule has 1 atom stereocenters. The fraction of sp³-hybridized carbons (Fsp3) is 1.00. The van der Waals surface area contributed by atoms with Gasteiger partial charge in [-0.25, -0.2) is 0 Å². The van der Waals surface area contributed by atoms with E-state index in [1.54, 1.807) is 0 Å². The minimum absolute atomic E-state index is 0.0799. The van der Waals surface area contributed by atoms with E-state index in [0.717, 1.165) is 0 Å². The molecule has 0 aromatic heterocycles. The number of ether oxygens (including phenoxy) is 1. The molecule has 1 aliphatic carbocycles. The minimum Gasteiger partial charge on any atom is -0.377 e. The van der Waals surface area contributed by atoms with Crippen molar-refractivity contribution < 1.29 is 4.74 Å². The summed E-state index contributed by atoms with van der Waals surface area (Å²) >= 11 is 0. The summed E-state index contributed by atoms with van der Waals surface area (Å²) in [5.74, 6) is 0. The molecule has 2 heteroatoms. The maximum absolute atomic E-state index is 6.01. The summed E-state index contributed by atoms with van der Waals surface area (Å²) in [5, 5.41) is 3.54. The van der Waals surface area contributed by atoms with Crippen molar-refractivity contribution in [3.63, 3.8) is 0 Å². The molecule has 0 saturated heterocycles. The Bertz CT molecular complexity index is 224. The predicted octanol–water partition coefficient (Wildman–Crippen LogP) is 4.14. The van der Waals surface area contributed by atoms with Gasteiger partial charge in [0.2, 0.25) is 0 Å². The number of rotatable bonds is 5. The molecule has 2 nitrogen and oxygen atoms in total. The molecule has 0 aliphatic heterocycles. The summed E-state index contributed by atoms with van der Waals surface area (Å²) in [4.78, 5) is 0. The van der Waals surface area contributed by atoms with Crippen molar-refractivity contribution in [3.05, 3.63) is 0 Å². The van der Waals surface area contributed by atoms with Gasteiger partial charge >= 0.3 is 0 Å². The topological polar surface area (TPSA) is 21.3 Å². The molecular weight excluding hydrogens is 222 g/mol. The van der Waals surface area contributed by atoms with Crippen LogP contribution in [0.5, 0.6) is 0 Å². The summed E-state index contributed by atoms with van der Waals surface area (Å²) < 4.78 is 6.01. The number of nitrogens with one attached hydrogen (secondary N) is 1. The van der Waals surface area contributed by atoms with Crippen molar-refractivity contribution in [1.82, 2.24) is 5.32 Å². The Kier molecular flexibility index (Phi) is 6.13. The lowest BCUT2D eigenvalue weighted by atomic mass is 9.80. The Labute approximate surface area is 114 Å². The molecule has 0 heterocycles. The zero-order chi connectivity index (χ0) is 13.6. The van der Waals surface area contributed by atoms with Crippen LogP contribution in [-0.4, -0.2) is 25.8 Å². The maximum Gasteiger partial charge on any atom is 0.0830 e. The van der Waals surface area contributed by atoms with Crippen molar-refractivity contribution in [3.8, 4) is 0 Å². The Morgan fingerprint density at radius 2 is 1.67 bits per heavy atom. The SMILES string of the molecule is CNC(CCC(C)(C)C)C1(OC)CCCCCC1. The van der Waals surface area contributed by atoms with Crippen LogP contribution >= 0.6 is 0 Å². The molecule has 1 rings (SSSR count). The lowest BCUT2D eigenvalue weighted by molar-refractivity contribution is -0.0549. The van der Waals surface area contributed by atoms with Crippen LogP contribution < -0.4 is 5.32 Å². The van der Waals surface area contributed by atoms with E-state index in [2.05, 4.69) is 33.1 Å². The Hall–Kier alpha value is -0.0800. The molecular formula is C16H33NO. The van der Waals surface area contributed by atoms with Gasteiger partial charge in [0, 0.05) is 13.2 Å². The van der Waals surface area contributed by atoms with Crippen LogP contribution in [0, 0.1) is 5.41 Å². The Morgan fingerprint density at radius 1 is 1.11 bits per heavy atom. The van der Waals surface area contributed by atoms with Crippen LogP contribution in [0.4, 0.5) is 0 Å². The third kappa shape index (κ3) is 4.55. The maximum atomic E-state index is 6.01. The highest BCUT2D eigenvalue weighted by Crippen LogP contribution is 2.36. The van der Waals surface area contributed by atoms with E-state index >= 15 is 0 Å². The number of methoxy groups -OCH3 is 1. The van der Waals surface area contributed by atoms with Gasteiger partial charge in [0.15, 0.2) is 0 Å². The largest absolute Gasteiger partial charge is 0.377 e. The second-order valence-electron chi connectivity index (χ2n) is 7.12. The van der Waals surface area contributed by atoms with E-state index in [0.29, 0.717) is 11.5 Å². The van der Waals surface area contributed by atoms with Gasteiger partial charge in [-0.1, -0.05) is 46.5 Å². The third-order valence-corrected chi connectivity index (χ3v) is 4.52. The highest BCUT2D eigenvalue weighted by Gasteiger charge is 2.38. The van der Waals surface area contributed by atoms with Crippen LogP contribution in [0.1, 0.15) is 72.1 Å². The summed E-state index contributed by atoms with van der Waals surface area (Å²) in [6.45, 7) is 6.98. The van der Waals surface area contributed by atoms with E-state index in [1.165, 1.54) is 51.4 Å². The summed E-state index contributed by atoms with van der Waals surface area (Å²) in [6.07, 6.45) is 10.3. The van der Waals surface area contributed by atoms with E-state index in [4.69, 9.17) is 4.74 Å². The first-order chi connectivity index (χ1) is 8.43. The fourth-order valence-corrected chi connectivity index (χ4v) is 3.27. The molecule has 0 aromatic carbocycles. The van der Waals surface area contributed by atoms with Gasteiger partial charge in [-0.2, -0.15) is 0 Å². The molecule has 1 fully saturated rings. The monoisotopic (exact) mass is 255 g/mol. The van der Waals surface area contributed by atoms with Crippen LogP contribution in [0.15, 0.2) is 0 Å². The second kappa shape index (κ2) is 6.91. The van der Waals surface area contributed by atoms with E-state index < -0.39 is 0 Å². The van der Waals surface area contributed by atoms with Crippen molar-refractivity contribution in [2.45, 2.75) is 83.8 Å². The van der Waals surface area contributed by atoms with E-state index in [9.17, 15) is 0 Å². The molecule has 0 radical (unpaired) electrons. The zero-order valence-corrected chi connectivity index (χ0v) is 13.1. The van der Waals surface area contributed by atoms with Crippen LogP contribution in [0.3, 0.4) is 0 Å². The lowest BCUT2D eigenvalue weighted by Gasteiger charge is -2.40. The van der Waals surface area contributed by atoms with Gasteiger partial charge in [0.1, 0.15) is 0 Å². The average Bonchev–Trinajstić information content (AvgIpc) is 2.55. The van der Waals surface area contributed by atoms with Crippen molar-refractivity contribution in [2.75, 3.05) is 14.2 Å². The smallest absolute Gasteiger partial charge is 0.0830 e. The van der Waals surface area contributed by atoms with Crippen molar-refractivity contribution >= 4 is 0 Å². The number of hydrogen-bond donors (Lipinski definition) is 1. The highest BCUT2D eigenvalue weighted by molar-refractivity contribution is 4.94. The number of hydrogen-bond acceptors (Lipinski definition) is 2. The van der Waals surface area contributed by atoms with Gasteiger partial charge in [-0.15, -0.1) is 0 Å². The quantitative estimate of drug-likeness (QED) is 0.745. The molecule has 0 aromatic rings. The number of likely N-dealkylation sites (N-methyl/N-ethyl adjacent to an activating group) is 1. The molecule has 0 spiro atoms. The first-order valence-corrected chi connectivity index (χ1v) is 7.66. The van der Waals surface area contributed by atoms with Gasteiger partial charge in [-0.05, 0) is 38.1 Å². The van der Waals surface area contributed by atoms with Crippen molar-refractivity contribution in [1.29, 1.82) is 0 Å². The van der Waals surface area contributed by atoms with Gasteiger partial charge < -0.3 is 10.1 Å². The Morgan fingerprint density at radius 3 is 2.06 bits per heavy atom. The van der Waals surface area contributed by atoms with E-state index in [1.807, 2.05) is 7.11 Å². The first kappa shape index (κ1) is 16.0. The molecule has 108 valence electrons. The molecule has 1 N–H and O–H groups in total. The fourth-order valence-electron chi connectivity index (χ4n) is 3.27. The molecule has 18 heavy (non-hydrogen) atoms. The van der Waals surface area contributed by atoms with Crippen LogP contribution in [0.2, 0.25) is 0 Å². The third-order valence-electron chi connectivity index (χ3n) is 4.52. The average molecular weight is 255 g/mol. The lowest BCUT2D eigenvalue weighted by Crippen LogP contribution is -2.51. The minimum atomic E-state index is 0.0799. The summed E-state index contributed by atoms with van der Waals surface area (Å²) in [5.41, 5.74) is 0.491. The molecule has 1 unspecified atom stereocenters. The zero-order valence-electron chi connectivity index (χ0n) is 13.1. The normalized spacial score (nSPS) is 22.5. The molecule has 1 saturated carbocycles. The predicted molar refractivity (Wildman–Crippen MR) is 79.0 cm³/mol. The van der Waals surface area contributed by atoms with Crippen LogP contribution in [0.25, 0.3) is 0 Å². The van der Waals surface area contributed by atoms with Crippen LogP contribution in [-0.2, 0) is 4.74 Å². The summed E-state index contributed by atoms with van der Waals surface area (Å²) in [7, 11) is 4.01. The molecule has 1 aliphatic rings.